The summed E-state index contributed by atoms with van der Waals surface area (Å²) < 4.78 is 11.0. The van der Waals surface area contributed by atoms with E-state index in [-0.39, 0.29) is 24.0 Å². The molecule has 1 aromatic rings. The molecule has 0 aromatic heterocycles. The third-order valence-electron chi connectivity index (χ3n) is 4.94. The minimum atomic E-state index is 0. The first-order valence-electron chi connectivity index (χ1n) is 9.63. The molecule has 1 aliphatic heterocycles. The highest BCUT2D eigenvalue weighted by Gasteiger charge is 2.23. The van der Waals surface area contributed by atoms with Gasteiger partial charge in [0.15, 0.2) is 17.5 Å². The Labute approximate surface area is 181 Å². The molecular weight excluding hydrogens is 455 g/mol. The van der Waals surface area contributed by atoms with Crippen molar-refractivity contribution in [2.45, 2.75) is 52.1 Å². The van der Waals surface area contributed by atoms with Crippen LogP contribution < -0.4 is 20.1 Å². The lowest BCUT2D eigenvalue weighted by molar-refractivity contribution is 0.116. The summed E-state index contributed by atoms with van der Waals surface area (Å²) in [7, 11) is 3.44. The van der Waals surface area contributed by atoms with Crippen molar-refractivity contribution in [1.82, 2.24) is 10.2 Å². The van der Waals surface area contributed by atoms with Gasteiger partial charge in [-0.15, -0.1) is 24.0 Å². The van der Waals surface area contributed by atoms with Crippen LogP contribution in [0.3, 0.4) is 0 Å². The molecule has 2 rings (SSSR count). The molecule has 0 bridgehead atoms. The number of halogens is 1. The number of likely N-dealkylation sites (tertiary alicyclic amines) is 1. The number of nitrogens with zero attached hydrogens (tertiary/aromatic N) is 2. The molecule has 0 radical (unpaired) electrons. The van der Waals surface area contributed by atoms with E-state index in [0.29, 0.717) is 18.7 Å². The Morgan fingerprint density at radius 2 is 2.11 bits per heavy atom. The van der Waals surface area contributed by atoms with Crippen LogP contribution in [0.25, 0.3) is 0 Å². The number of methoxy groups -OCH3 is 1. The van der Waals surface area contributed by atoms with Crippen molar-refractivity contribution >= 4 is 35.6 Å². The van der Waals surface area contributed by atoms with Crippen LogP contribution in [0.5, 0.6) is 11.5 Å². The number of benzene rings is 1. The maximum absolute atomic E-state index is 5.64. The second-order valence-electron chi connectivity index (χ2n) is 6.81. The summed E-state index contributed by atoms with van der Waals surface area (Å²) in [6.07, 6.45) is 3.94. The first-order valence-corrected chi connectivity index (χ1v) is 9.63. The van der Waals surface area contributed by atoms with Crippen molar-refractivity contribution < 1.29 is 9.47 Å². The van der Waals surface area contributed by atoms with Gasteiger partial charge in [-0.1, -0.05) is 6.42 Å². The predicted molar refractivity (Wildman–Crippen MR) is 124 cm³/mol. The molecule has 0 spiro atoms. The van der Waals surface area contributed by atoms with E-state index >= 15 is 0 Å². The lowest BCUT2D eigenvalue weighted by Gasteiger charge is -2.38. The Kier molecular flexibility index (Phi) is 10.8. The van der Waals surface area contributed by atoms with Crippen molar-refractivity contribution in [2.24, 2.45) is 4.99 Å². The minimum absolute atomic E-state index is 0. The van der Waals surface area contributed by atoms with Crippen molar-refractivity contribution in [2.75, 3.05) is 39.2 Å². The Morgan fingerprint density at radius 1 is 1.33 bits per heavy atom. The molecule has 1 fully saturated rings. The average molecular weight is 490 g/mol. The quantitative estimate of drug-likeness (QED) is 0.344. The third kappa shape index (κ3) is 7.03. The minimum Gasteiger partial charge on any atom is -0.493 e. The monoisotopic (exact) mass is 490 g/mol. The lowest BCUT2D eigenvalue weighted by atomic mass is 10.0. The highest BCUT2D eigenvalue weighted by atomic mass is 127. The Morgan fingerprint density at radius 3 is 2.74 bits per heavy atom. The average Bonchev–Trinajstić information content (AvgIpc) is 2.65. The smallest absolute Gasteiger partial charge is 0.195 e. The molecule has 1 heterocycles. The standard InChI is InChI=1S/C20H34N4O2.HI/c1-6-26-19-13-17(10-11-18(19)25-5)23-20(21-4)22-14-16(3)24-12-8-7-9-15(24)2;/h10-11,13,15-16H,6-9,12,14H2,1-5H3,(H2,21,22,23);1H. The van der Waals surface area contributed by atoms with Gasteiger partial charge < -0.3 is 20.1 Å². The van der Waals surface area contributed by atoms with Crippen LogP contribution in [0, 0.1) is 0 Å². The van der Waals surface area contributed by atoms with E-state index in [4.69, 9.17) is 9.47 Å². The van der Waals surface area contributed by atoms with Crippen LogP contribution in [-0.2, 0) is 0 Å². The van der Waals surface area contributed by atoms with Gasteiger partial charge in [-0.05, 0) is 52.3 Å². The molecule has 0 amide bonds. The van der Waals surface area contributed by atoms with Gasteiger partial charge >= 0.3 is 0 Å². The molecule has 2 unspecified atom stereocenters. The Bertz CT molecular complexity index is 597. The SMILES string of the molecule is CCOc1cc(NC(=NC)NCC(C)N2CCCCC2C)ccc1OC.I. The third-order valence-corrected chi connectivity index (χ3v) is 4.94. The van der Waals surface area contributed by atoms with Crippen LogP contribution in [0.2, 0.25) is 0 Å². The molecule has 7 heteroatoms. The second kappa shape index (κ2) is 12.3. The molecule has 1 aliphatic rings. The van der Waals surface area contributed by atoms with Gasteiger partial charge in [-0.25, -0.2) is 0 Å². The van der Waals surface area contributed by atoms with E-state index < -0.39 is 0 Å². The van der Waals surface area contributed by atoms with Gasteiger partial charge in [0.25, 0.3) is 0 Å². The van der Waals surface area contributed by atoms with Gasteiger partial charge in [0, 0.05) is 37.4 Å². The normalized spacial score (nSPS) is 19.0. The van der Waals surface area contributed by atoms with Crippen molar-refractivity contribution in [1.29, 1.82) is 0 Å². The number of anilines is 1. The molecule has 1 saturated heterocycles. The molecule has 2 N–H and O–H groups in total. The molecule has 0 aliphatic carbocycles. The van der Waals surface area contributed by atoms with Crippen LogP contribution in [-0.4, -0.2) is 56.8 Å². The van der Waals surface area contributed by atoms with Crippen LogP contribution in [0.15, 0.2) is 23.2 Å². The van der Waals surface area contributed by atoms with Gasteiger partial charge in [0.1, 0.15) is 0 Å². The van der Waals surface area contributed by atoms with Crippen molar-refractivity contribution in [3.05, 3.63) is 18.2 Å². The summed E-state index contributed by atoms with van der Waals surface area (Å²) in [5.41, 5.74) is 0.918. The van der Waals surface area contributed by atoms with Crippen molar-refractivity contribution in [3.63, 3.8) is 0 Å². The summed E-state index contributed by atoms with van der Waals surface area (Å²) >= 11 is 0. The van der Waals surface area contributed by atoms with Gasteiger partial charge in [0.2, 0.25) is 0 Å². The van der Waals surface area contributed by atoms with E-state index in [1.54, 1.807) is 14.2 Å². The number of hydrogen-bond acceptors (Lipinski definition) is 4. The second-order valence-corrected chi connectivity index (χ2v) is 6.81. The number of rotatable bonds is 7. The van der Waals surface area contributed by atoms with E-state index in [1.807, 2.05) is 25.1 Å². The molecule has 154 valence electrons. The summed E-state index contributed by atoms with van der Waals surface area (Å²) in [5.74, 6) is 2.22. The Balaban J connectivity index is 0.00000364. The summed E-state index contributed by atoms with van der Waals surface area (Å²) in [6, 6.07) is 6.93. The van der Waals surface area contributed by atoms with E-state index in [0.717, 1.165) is 29.7 Å². The number of hydrogen-bond donors (Lipinski definition) is 2. The highest BCUT2D eigenvalue weighted by molar-refractivity contribution is 14.0. The fourth-order valence-electron chi connectivity index (χ4n) is 3.48. The van der Waals surface area contributed by atoms with Crippen LogP contribution >= 0.6 is 24.0 Å². The van der Waals surface area contributed by atoms with Crippen LogP contribution in [0.4, 0.5) is 5.69 Å². The zero-order chi connectivity index (χ0) is 18.9. The molecule has 2 atom stereocenters. The lowest BCUT2D eigenvalue weighted by Crippen LogP contribution is -2.49. The van der Waals surface area contributed by atoms with Gasteiger partial charge in [0.05, 0.1) is 13.7 Å². The highest BCUT2D eigenvalue weighted by Crippen LogP contribution is 2.30. The number of guanidine groups is 1. The maximum atomic E-state index is 5.64. The first kappa shape index (κ1) is 23.8. The number of nitrogens with one attached hydrogen (secondary N) is 2. The number of piperidine rings is 1. The number of aliphatic imine (C=N–C) groups is 1. The molecule has 27 heavy (non-hydrogen) atoms. The fraction of sp³-hybridized carbons (Fsp3) is 0.650. The Hall–Kier alpha value is -1.22. The fourth-order valence-corrected chi connectivity index (χ4v) is 3.48. The van der Waals surface area contributed by atoms with E-state index in [9.17, 15) is 0 Å². The summed E-state index contributed by atoms with van der Waals surface area (Å²) in [6.45, 7) is 9.21. The largest absolute Gasteiger partial charge is 0.493 e. The predicted octanol–water partition coefficient (Wildman–Crippen LogP) is 3.96. The van der Waals surface area contributed by atoms with E-state index in [2.05, 4.69) is 34.4 Å². The number of ether oxygens (including phenoxy) is 2. The van der Waals surface area contributed by atoms with Gasteiger partial charge in [-0.2, -0.15) is 0 Å². The van der Waals surface area contributed by atoms with Crippen LogP contribution in [0.1, 0.15) is 40.0 Å². The molecule has 0 saturated carbocycles. The first-order chi connectivity index (χ1) is 12.6. The van der Waals surface area contributed by atoms with Gasteiger partial charge in [-0.3, -0.25) is 9.89 Å². The zero-order valence-corrected chi connectivity index (χ0v) is 19.6. The molecular formula is C20H35IN4O2. The molecule has 1 aromatic carbocycles. The van der Waals surface area contributed by atoms with Crippen molar-refractivity contribution in [3.8, 4) is 11.5 Å². The van der Waals surface area contributed by atoms with E-state index in [1.165, 1.54) is 25.8 Å². The zero-order valence-electron chi connectivity index (χ0n) is 17.2. The molecule has 6 nitrogen and oxygen atoms in total. The topological polar surface area (TPSA) is 58.1 Å². The summed E-state index contributed by atoms with van der Waals surface area (Å²) in [5, 5.41) is 6.77. The summed E-state index contributed by atoms with van der Waals surface area (Å²) in [4.78, 5) is 6.93. The maximum Gasteiger partial charge on any atom is 0.195 e.